The summed E-state index contributed by atoms with van der Waals surface area (Å²) in [7, 11) is 1.70. The first-order valence-electron chi connectivity index (χ1n) is 7.85. The monoisotopic (exact) mass is 322 g/mol. The second-order valence-electron chi connectivity index (χ2n) is 5.58. The third kappa shape index (κ3) is 5.21. The smallest absolute Gasteiger partial charge is 0.323 e. The second-order valence-corrected chi connectivity index (χ2v) is 5.58. The lowest BCUT2D eigenvalue weighted by Crippen LogP contribution is -2.38. The van der Waals surface area contributed by atoms with Crippen LogP contribution in [0, 0.1) is 10.1 Å². The van der Waals surface area contributed by atoms with Gasteiger partial charge in [-0.25, -0.2) is 0 Å². The maximum atomic E-state index is 12.1. The van der Waals surface area contributed by atoms with Crippen molar-refractivity contribution < 1.29 is 19.2 Å². The molecule has 1 aromatic carbocycles. The van der Waals surface area contributed by atoms with Crippen LogP contribution in [0.1, 0.15) is 32.1 Å². The van der Waals surface area contributed by atoms with E-state index in [0.717, 1.165) is 25.7 Å². The number of hydrogen-bond donors (Lipinski definition) is 1. The zero-order valence-electron chi connectivity index (χ0n) is 13.2. The number of carbonyl (C=O) groups is 1. The number of esters is 1. The Kier molecular flexibility index (Phi) is 6.34. The lowest BCUT2D eigenvalue weighted by molar-refractivity contribution is -0.384. The van der Waals surface area contributed by atoms with Gasteiger partial charge in [-0.3, -0.25) is 14.9 Å². The maximum Gasteiger partial charge on any atom is 0.323 e. The number of benzene rings is 1. The Bertz CT molecular complexity index is 543. The third-order valence-corrected chi connectivity index (χ3v) is 3.92. The van der Waals surface area contributed by atoms with Crippen molar-refractivity contribution in [2.45, 2.75) is 44.2 Å². The van der Waals surface area contributed by atoms with Gasteiger partial charge in [-0.15, -0.1) is 0 Å². The van der Waals surface area contributed by atoms with Gasteiger partial charge in [-0.05, 0) is 38.8 Å². The molecule has 1 aromatic rings. The van der Waals surface area contributed by atoms with E-state index in [1.165, 1.54) is 12.1 Å². The summed E-state index contributed by atoms with van der Waals surface area (Å²) in [5, 5.41) is 13.6. The van der Waals surface area contributed by atoms with E-state index in [2.05, 4.69) is 5.32 Å². The Morgan fingerprint density at radius 3 is 2.83 bits per heavy atom. The van der Waals surface area contributed by atoms with Crippen LogP contribution in [0.15, 0.2) is 24.3 Å². The van der Waals surface area contributed by atoms with Crippen LogP contribution in [0.3, 0.4) is 0 Å². The summed E-state index contributed by atoms with van der Waals surface area (Å²) < 4.78 is 11.0. The summed E-state index contributed by atoms with van der Waals surface area (Å²) in [4.78, 5) is 22.3. The molecule has 0 aromatic heterocycles. The second kappa shape index (κ2) is 8.47. The molecule has 1 saturated carbocycles. The number of nitro benzene ring substituents is 1. The van der Waals surface area contributed by atoms with E-state index in [1.807, 2.05) is 0 Å². The number of non-ortho nitro benzene ring substituents is 1. The minimum absolute atomic E-state index is 0.0201. The number of hydrogen-bond acceptors (Lipinski definition) is 6. The normalized spacial score (nSPS) is 16.0. The van der Waals surface area contributed by atoms with Crippen molar-refractivity contribution in [1.82, 2.24) is 5.32 Å². The van der Waals surface area contributed by atoms with E-state index in [9.17, 15) is 14.9 Å². The van der Waals surface area contributed by atoms with Gasteiger partial charge in [0.15, 0.2) is 0 Å². The molecule has 1 aliphatic carbocycles. The average Bonchev–Trinajstić information content (AvgIpc) is 3.04. The summed E-state index contributed by atoms with van der Waals surface area (Å²) in [6.45, 7) is 0.270. The molecular weight excluding hydrogens is 300 g/mol. The Labute approximate surface area is 135 Å². The number of ether oxygens (including phenoxy) is 2. The molecule has 7 heteroatoms. The fraction of sp³-hybridized carbons (Fsp3) is 0.562. The molecule has 0 unspecified atom stereocenters. The van der Waals surface area contributed by atoms with E-state index in [0.29, 0.717) is 12.2 Å². The fourth-order valence-electron chi connectivity index (χ4n) is 2.61. The first-order valence-corrected chi connectivity index (χ1v) is 7.85. The molecule has 126 valence electrons. The molecule has 1 atom stereocenters. The highest BCUT2D eigenvalue weighted by molar-refractivity contribution is 5.75. The minimum Gasteiger partial charge on any atom is -0.493 e. The van der Waals surface area contributed by atoms with E-state index in [-0.39, 0.29) is 24.4 Å². The number of nitrogens with zero attached hydrogens (tertiary/aromatic N) is 1. The molecule has 1 fully saturated rings. The average molecular weight is 322 g/mol. The zero-order chi connectivity index (χ0) is 16.7. The van der Waals surface area contributed by atoms with Crippen LogP contribution in [-0.2, 0) is 9.53 Å². The largest absolute Gasteiger partial charge is 0.493 e. The van der Waals surface area contributed by atoms with Crippen molar-refractivity contribution in [3.63, 3.8) is 0 Å². The predicted molar refractivity (Wildman–Crippen MR) is 84.4 cm³/mol. The highest BCUT2D eigenvalue weighted by Gasteiger charge is 2.24. The lowest BCUT2D eigenvalue weighted by atomic mass is 10.2. The molecule has 0 saturated heterocycles. The SMILES string of the molecule is CN[C@@H](CCOc1cccc([N+](=O)[O-])c1)C(=O)OC1CCCC1. The highest BCUT2D eigenvalue weighted by atomic mass is 16.6. The standard InChI is InChI=1S/C16H22N2O5/c1-17-15(16(19)23-13-6-2-3-7-13)9-10-22-14-8-4-5-12(11-14)18(20)21/h4-5,8,11,13,15,17H,2-3,6-7,9-10H2,1H3/t15-/m0/s1. The first kappa shape index (κ1) is 17.2. The van der Waals surface area contributed by atoms with Gasteiger partial charge < -0.3 is 14.8 Å². The van der Waals surface area contributed by atoms with Gasteiger partial charge in [0.25, 0.3) is 5.69 Å². The van der Waals surface area contributed by atoms with Gasteiger partial charge in [0.1, 0.15) is 17.9 Å². The van der Waals surface area contributed by atoms with Crippen LogP contribution in [0.4, 0.5) is 5.69 Å². The van der Waals surface area contributed by atoms with Crippen LogP contribution < -0.4 is 10.1 Å². The minimum atomic E-state index is -0.470. The molecule has 2 rings (SSSR count). The van der Waals surface area contributed by atoms with Gasteiger partial charge in [-0.1, -0.05) is 6.07 Å². The van der Waals surface area contributed by atoms with Crippen molar-refractivity contribution in [3.05, 3.63) is 34.4 Å². The van der Waals surface area contributed by atoms with Gasteiger partial charge in [0.2, 0.25) is 0 Å². The van der Waals surface area contributed by atoms with Gasteiger partial charge in [0, 0.05) is 12.5 Å². The Balaban J connectivity index is 1.79. The van der Waals surface area contributed by atoms with Crippen LogP contribution in [0.5, 0.6) is 5.75 Å². The Morgan fingerprint density at radius 1 is 1.43 bits per heavy atom. The Morgan fingerprint density at radius 2 is 2.17 bits per heavy atom. The summed E-state index contributed by atoms with van der Waals surface area (Å²) in [6, 6.07) is 5.55. The van der Waals surface area contributed by atoms with Crippen LogP contribution in [0.25, 0.3) is 0 Å². The summed E-state index contributed by atoms with van der Waals surface area (Å²) in [5.41, 5.74) is -0.0201. The van der Waals surface area contributed by atoms with E-state index in [4.69, 9.17) is 9.47 Å². The van der Waals surface area contributed by atoms with E-state index >= 15 is 0 Å². The van der Waals surface area contributed by atoms with Gasteiger partial charge >= 0.3 is 5.97 Å². The molecule has 1 aliphatic rings. The molecule has 7 nitrogen and oxygen atoms in total. The highest BCUT2D eigenvalue weighted by Crippen LogP contribution is 2.22. The number of nitrogens with one attached hydrogen (secondary N) is 1. The number of carbonyl (C=O) groups excluding carboxylic acids is 1. The number of likely N-dealkylation sites (N-methyl/N-ethyl adjacent to an activating group) is 1. The fourth-order valence-corrected chi connectivity index (χ4v) is 2.61. The topological polar surface area (TPSA) is 90.7 Å². The van der Waals surface area contributed by atoms with Crippen molar-refractivity contribution in [3.8, 4) is 5.75 Å². The predicted octanol–water partition coefficient (Wildman–Crippen LogP) is 2.44. The van der Waals surface area contributed by atoms with E-state index < -0.39 is 11.0 Å². The van der Waals surface area contributed by atoms with Crippen LogP contribution in [-0.4, -0.2) is 36.7 Å². The molecule has 23 heavy (non-hydrogen) atoms. The molecule has 0 aliphatic heterocycles. The van der Waals surface area contributed by atoms with Crippen molar-refractivity contribution in [2.24, 2.45) is 0 Å². The van der Waals surface area contributed by atoms with Crippen molar-refractivity contribution >= 4 is 11.7 Å². The third-order valence-electron chi connectivity index (χ3n) is 3.92. The molecule has 0 amide bonds. The van der Waals surface area contributed by atoms with E-state index in [1.54, 1.807) is 19.2 Å². The quantitative estimate of drug-likeness (QED) is 0.449. The zero-order valence-corrected chi connectivity index (χ0v) is 13.2. The molecule has 0 spiro atoms. The summed E-state index contributed by atoms with van der Waals surface area (Å²) >= 11 is 0. The summed E-state index contributed by atoms with van der Waals surface area (Å²) in [5.74, 6) is 0.153. The first-order chi connectivity index (χ1) is 11.1. The molecule has 0 heterocycles. The van der Waals surface area contributed by atoms with Crippen molar-refractivity contribution in [2.75, 3.05) is 13.7 Å². The Hall–Kier alpha value is -2.15. The van der Waals surface area contributed by atoms with Crippen LogP contribution in [0.2, 0.25) is 0 Å². The van der Waals surface area contributed by atoms with Crippen LogP contribution >= 0.6 is 0 Å². The summed E-state index contributed by atoms with van der Waals surface area (Å²) in [6.07, 6.45) is 4.57. The molecule has 1 N–H and O–H groups in total. The molecule has 0 bridgehead atoms. The van der Waals surface area contributed by atoms with Gasteiger partial charge in [0.05, 0.1) is 17.6 Å². The molecular formula is C16H22N2O5. The maximum absolute atomic E-state index is 12.1. The molecule has 0 radical (unpaired) electrons. The van der Waals surface area contributed by atoms with Gasteiger partial charge in [-0.2, -0.15) is 0 Å². The lowest BCUT2D eigenvalue weighted by Gasteiger charge is -2.18. The van der Waals surface area contributed by atoms with Crippen molar-refractivity contribution in [1.29, 1.82) is 0 Å². The number of rotatable bonds is 8. The number of nitro groups is 1.